The Kier molecular flexibility index (Phi) is 23.5. The first-order valence-electron chi connectivity index (χ1n) is 28.7. The van der Waals surface area contributed by atoms with Crippen LogP contribution in [0, 0.1) is 0 Å². The van der Waals surface area contributed by atoms with Crippen molar-refractivity contribution in [3.8, 4) is 0 Å². The quantitative estimate of drug-likeness (QED) is 0.0910. The molecular weight excluding hydrogens is 1250 g/mol. The van der Waals surface area contributed by atoms with Gasteiger partial charge in [-0.3, -0.25) is 29.5 Å². The van der Waals surface area contributed by atoms with Crippen molar-refractivity contribution in [2.45, 2.75) is 148 Å². The lowest BCUT2D eigenvalue weighted by molar-refractivity contribution is -0.150. The predicted molar refractivity (Wildman–Crippen MR) is 323 cm³/mol. The summed E-state index contributed by atoms with van der Waals surface area (Å²) in [6.07, 6.45) is 14.9. The third-order valence-corrected chi connectivity index (χ3v) is 14.5. The van der Waals surface area contributed by atoms with Crippen LogP contribution in [-0.4, -0.2) is 218 Å². The average Bonchev–Trinajstić information content (AvgIpc) is 4.29. The fourth-order valence-electron chi connectivity index (χ4n) is 9.57. The number of fused-ring (bicyclic) bond motifs is 4. The van der Waals surface area contributed by atoms with Crippen LogP contribution in [0.1, 0.15) is 112 Å². The number of aromatic nitrogens is 6. The molecule has 7 atom stereocenters. The number of H-pyrrole nitrogens is 2. The first kappa shape index (κ1) is 68.7. The van der Waals surface area contributed by atoms with Crippen LogP contribution in [0.3, 0.4) is 0 Å². The van der Waals surface area contributed by atoms with E-state index in [4.69, 9.17) is 57.0 Å². The van der Waals surface area contributed by atoms with Crippen LogP contribution in [0.15, 0.2) is 90.1 Å². The summed E-state index contributed by atoms with van der Waals surface area (Å²) in [7, 11) is 3.72. The number of hydrogen-bond acceptors (Lipinski definition) is 20. The zero-order valence-corrected chi connectivity index (χ0v) is 54.3. The van der Waals surface area contributed by atoms with E-state index in [2.05, 4.69) is 67.3 Å². The predicted octanol–water partition coefficient (Wildman–Crippen LogP) is 7.30. The van der Waals surface area contributed by atoms with Crippen molar-refractivity contribution in [3.63, 3.8) is 0 Å². The van der Waals surface area contributed by atoms with Gasteiger partial charge in [0.1, 0.15) is 30.5 Å². The van der Waals surface area contributed by atoms with E-state index in [9.17, 15) is 19.2 Å². The number of urea groups is 2. The van der Waals surface area contributed by atoms with Gasteiger partial charge in [0.2, 0.25) is 0 Å². The SMILES string of the molecule is C=CCON1C(=O)N2CC(I)=CC1C2.C=CCON1C(=O)N2CC(n3ccc(C4COC(C)(C)O4)n3)=CC1C2.CC(=O)C1COC(C)(C)O1.CC1(C)OCC(c2ccn[nH]2)O1.CC1(C)OCC(c2ccn[nH]2)O1.CN(C)/C=C/C(=O)C1COC(C)(C)O1. The Labute approximate surface area is 522 Å². The lowest BCUT2D eigenvalue weighted by Crippen LogP contribution is -2.33. The molecule has 12 heterocycles. The zero-order chi connectivity index (χ0) is 63.5. The minimum absolute atomic E-state index is 0.00231. The summed E-state index contributed by atoms with van der Waals surface area (Å²) in [6.45, 7) is 32.9. The Hall–Kier alpha value is -5.74. The molecule has 2 N–H and O–H groups in total. The molecule has 0 aromatic carbocycles. The number of nitrogens with zero attached hydrogens (tertiary/aromatic N) is 9. The summed E-state index contributed by atoms with van der Waals surface area (Å²) in [5.41, 5.74) is 3.71. The second-order valence-corrected chi connectivity index (χ2v) is 25.0. The Morgan fingerprint density at radius 3 is 1.51 bits per heavy atom. The maximum Gasteiger partial charge on any atom is 0.345 e. The summed E-state index contributed by atoms with van der Waals surface area (Å²) >= 11 is 2.25. The van der Waals surface area contributed by atoms with Gasteiger partial charge in [-0.2, -0.15) is 25.4 Å². The van der Waals surface area contributed by atoms with Crippen LogP contribution in [0.4, 0.5) is 9.59 Å². The summed E-state index contributed by atoms with van der Waals surface area (Å²) in [5.74, 6) is -2.73. The van der Waals surface area contributed by atoms with Crippen LogP contribution < -0.4 is 0 Å². The lowest BCUT2D eigenvalue weighted by Gasteiger charge is -2.21. The van der Waals surface area contributed by atoms with E-state index in [0.29, 0.717) is 65.9 Å². The van der Waals surface area contributed by atoms with E-state index in [1.165, 1.54) is 26.7 Å². The van der Waals surface area contributed by atoms with Crippen LogP contribution in [0.25, 0.3) is 5.70 Å². The molecule has 28 heteroatoms. The van der Waals surface area contributed by atoms with Crippen LogP contribution in [0.2, 0.25) is 0 Å². The largest absolute Gasteiger partial charge is 0.383 e. The number of ether oxygens (including phenoxy) is 10. The molecule has 0 saturated carbocycles. The van der Waals surface area contributed by atoms with Crippen molar-refractivity contribution in [2.75, 3.05) is 86.5 Å². The molecular formula is C59H86IN11O16. The van der Waals surface area contributed by atoms with Crippen molar-refractivity contribution in [1.29, 1.82) is 0 Å². The van der Waals surface area contributed by atoms with E-state index in [1.807, 2.05) is 86.1 Å². The topological polar surface area (TPSA) is 270 Å². The number of carbonyl (C=O) groups excluding carboxylic acids is 4. The highest BCUT2D eigenvalue weighted by molar-refractivity contribution is 14.1. The molecule has 9 aliphatic heterocycles. The van der Waals surface area contributed by atoms with Gasteiger partial charge in [-0.25, -0.2) is 14.3 Å². The van der Waals surface area contributed by atoms with Crippen LogP contribution in [-0.2, 0) is 66.6 Å². The van der Waals surface area contributed by atoms with Crippen LogP contribution in [0.5, 0.6) is 0 Å². The highest BCUT2D eigenvalue weighted by Gasteiger charge is 2.44. The number of carbonyl (C=O) groups is 4. The monoisotopic (exact) mass is 1330 g/mol. The van der Waals surface area contributed by atoms with Crippen molar-refractivity contribution in [1.82, 2.24) is 55.0 Å². The Morgan fingerprint density at radius 1 is 0.655 bits per heavy atom. The van der Waals surface area contributed by atoms with E-state index in [1.54, 1.807) is 77.8 Å². The van der Waals surface area contributed by atoms with Gasteiger partial charge in [0.15, 0.2) is 40.5 Å². The van der Waals surface area contributed by atoms with Gasteiger partial charge in [-0.05, 0) is 135 Å². The summed E-state index contributed by atoms with van der Waals surface area (Å²) in [5, 5.41) is 20.9. The smallest absolute Gasteiger partial charge is 0.345 e. The number of hydrogen-bond donors (Lipinski definition) is 2. The summed E-state index contributed by atoms with van der Waals surface area (Å²) in [6, 6.07) is 5.51. The maximum atomic E-state index is 12.3. The Balaban J connectivity index is 0.000000154. The first-order valence-corrected chi connectivity index (χ1v) is 29.8. The van der Waals surface area contributed by atoms with E-state index >= 15 is 0 Å². The molecule has 87 heavy (non-hydrogen) atoms. The molecule has 480 valence electrons. The highest BCUT2D eigenvalue weighted by Crippen LogP contribution is 2.35. The zero-order valence-electron chi connectivity index (χ0n) is 52.1. The standard InChI is InChI=1S/C17H22N4O4.C10H17NO3.C9H11IN2O2.2C8H12N2O2.C7H12O3/c1-4-7-24-21-13-8-12(9-19(10-13)16(21)22)20-6-5-14(18-20)15-11-23-17(2,3)25-15;1-10(2)13-7-9(14-10)8(12)5-6-11(3)4;1-2-3-14-12-8-4-7(10)5-11(6-8)9(12)13;2*1-8(2)11-5-7(12-8)6-3-4-9-10-6;1-5(8)6-4-9-7(2,3)10-6/h4-6,8,13,15H,1,7,9-11H2,2-3H3;5-6,9H,7H2,1-4H3;2,4,8H,1,3,5-6H2;2*3-4,7H,5H2,1-2H3,(H,9,10);6H,4H2,1-3H3/b;6-5+;;;;. The van der Waals surface area contributed by atoms with Crippen molar-refractivity contribution >= 4 is 51.9 Å². The average molecular weight is 1330 g/mol. The number of rotatable bonds is 14. The van der Waals surface area contributed by atoms with Crippen LogP contribution >= 0.6 is 22.6 Å². The molecule has 0 spiro atoms. The minimum atomic E-state index is -0.633. The van der Waals surface area contributed by atoms with Gasteiger partial charge in [-0.15, -0.1) is 13.2 Å². The lowest BCUT2D eigenvalue weighted by atomic mass is 10.2. The molecule has 7 unspecified atom stereocenters. The van der Waals surface area contributed by atoms with Crippen molar-refractivity contribution in [3.05, 3.63) is 107 Å². The molecule has 4 amide bonds. The molecule has 27 nitrogen and oxygen atoms in total. The number of hydroxylamine groups is 4. The molecule has 0 radical (unpaired) electrons. The molecule has 3 aromatic rings. The molecule has 7 fully saturated rings. The molecule has 12 rings (SSSR count). The fraction of sp³-hybridized carbons (Fsp3) is 0.610. The Morgan fingerprint density at radius 2 is 1.10 bits per heavy atom. The fourth-order valence-corrected chi connectivity index (χ4v) is 10.4. The summed E-state index contributed by atoms with van der Waals surface area (Å²) < 4.78 is 57.6. The highest BCUT2D eigenvalue weighted by atomic mass is 127. The van der Waals surface area contributed by atoms with Gasteiger partial charge in [-0.1, -0.05) is 12.2 Å². The number of halogens is 1. The van der Waals surface area contributed by atoms with E-state index < -0.39 is 35.0 Å². The normalized spacial score (nSPS) is 27.3. The molecule has 7 saturated heterocycles. The third kappa shape index (κ3) is 19.9. The maximum absolute atomic E-state index is 12.3. The van der Waals surface area contributed by atoms with E-state index in [-0.39, 0.29) is 60.1 Å². The van der Waals surface area contributed by atoms with Gasteiger partial charge < -0.3 is 62.1 Å². The van der Waals surface area contributed by atoms with Gasteiger partial charge in [0.05, 0.1) is 94.2 Å². The van der Waals surface area contributed by atoms with Gasteiger partial charge >= 0.3 is 12.1 Å². The number of nitrogens with one attached hydrogen (secondary N) is 2. The number of aromatic amines is 2. The van der Waals surface area contributed by atoms with Crippen molar-refractivity contribution < 1.29 is 76.2 Å². The Bertz CT molecular complexity index is 2830. The second kappa shape index (κ2) is 29.7. The molecule has 0 aliphatic carbocycles. The van der Waals surface area contributed by atoms with Gasteiger partial charge in [0, 0.05) is 55.6 Å². The van der Waals surface area contributed by atoms with Gasteiger partial charge in [0.25, 0.3) is 0 Å². The third-order valence-electron chi connectivity index (χ3n) is 13.8. The number of Topliss-reactive ketones (excluding diaryl/α,β-unsaturated/α-hetero) is 1. The molecule has 9 aliphatic rings. The molecule has 3 aromatic heterocycles. The van der Waals surface area contributed by atoms with E-state index in [0.717, 1.165) is 29.3 Å². The second-order valence-electron chi connectivity index (χ2n) is 23.6. The number of amides is 4. The minimum Gasteiger partial charge on any atom is -0.383 e. The summed E-state index contributed by atoms with van der Waals surface area (Å²) in [4.78, 5) is 62.4. The number of ketones is 2. The first-order chi connectivity index (χ1) is 40.9. The molecule has 4 bridgehead atoms. The van der Waals surface area contributed by atoms with Crippen molar-refractivity contribution in [2.24, 2.45) is 0 Å².